The minimum absolute atomic E-state index is 0.0403. The number of amides is 1. The van der Waals surface area contributed by atoms with Crippen molar-refractivity contribution >= 4 is 55.7 Å². The van der Waals surface area contributed by atoms with E-state index in [-0.39, 0.29) is 11.3 Å². The molecule has 1 unspecified atom stereocenters. The van der Waals surface area contributed by atoms with Crippen LogP contribution in [0.4, 0.5) is 5.13 Å². The number of benzene rings is 3. The average Bonchev–Trinajstić information content (AvgIpc) is 3.48. The Morgan fingerprint density at radius 3 is 2.55 bits per heavy atom. The van der Waals surface area contributed by atoms with E-state index in [2.05, 4.69) is 11.9 Å². The lowest BCUT2D eigenvalue weighted by molar-refractivity contribution is -0.132. The molecule has 9 heteroatoms. The zero-order valence-electron chi connectivity index (χ0n) is 22.4. The number of rotatable bonds is 9. The number of hydrogen-bond acceptors (Lipinski definition) is 7. The first-order valence-electron chi connectivity index (χ1n) is 13.1. The van der Waals surface area contributed by atoms with Crippen molar-refractivity contribution in [3.05, 3.63) is 87.9 Å². The van der Waals surface area contributed by atoms with E-state index in [0.29, 0.717) is 39.4 Å². The summed E-state index contributed by atoms with van der Waals surface area (Å²) >= 11 is 7.36. The topological polar surface area (TPSA) is 89.0 Å². The summed E-state index contributed by atoms with van der Waals surface area (Å²) in [5.74, 6) is -0.835. The Balaban J connectivity index is 1.65. The summed E-state index contributed by atoms with van der Waals surface area (Å²) in [6, 6.07) is 16.6. The quantitative estimate of drug-likeness (QED) is 0.0962. The second-order valence-electron chi connectivity index (χ2n) is 9.61. The van der Waals surface area contributed by atoms with Gasteiger partial charge >= 0.3 is 5.91 Å². The van der Waals surface area contributed by atoms with E-state index in [1.54, 1.807) is 49.6 Å². The standard InChI is InChI=1S/C31H29ClN2O5S/c1-4-5-6-15-39-23-14-10-20(17-24(23)38-3)27-26(28(35)19-8-11-21(32)12-9-19)29(36)30(37)34(27)31-33-22-13-7-18(2)16-25(22)40-31/h7-14,16-17,27,35H,4-6,15H2,1-3H3/b28-26+. The molecule has 40 heavy (non-hydrogen) atoms. The van der Waals surface area contributed by atoms with Crippen LogP contribution < -0.4 is 14.4 Å². The van der Waals surface area contributed by atoms with E-state index >= 15 is 0 Å². The maximum absolute atomic E-state index is 13.6. The van der Waals surface area contributed by atoms with Crippen molar-refractivity contribution in [1.82, 2.24) is 4.98 Å². The van der Waals surface area contributed by atoms with Gasteiger partial charge in [-0.2, -0.15) is 0 Å². The monoisotopic (exact) mass is 576 g/mol. The summed E-state index contributed by atoms with van der Waals surface area (Å²) in [5.41, 5.74) is 2.68. The Bertz CT molecular complexity index is 1610. The molecule has 1 N–H and O–H groups in total. The number of aliphatic hydroxyl groups excluding tert-OH is 1. The second kappa shape index (κ2) is 11.7. The zero-order chi connectivity index (χ0) is 28.4. The molecule has 0 spiro atoms. The molecular formula is C31H29ClN2O5S. The van der Waals surface area contributed by atoms with Crippen molar-refractivity contribution in [2.75, 3.05) is 18.6 Å². The number of methoxy groups -OCH3 is 1. The van der Waals surface area contributed by atoms with E-state index in [4.69, 9.17) is 21.1 Å². The number of carbonyl (C=O) groups is 2. The highest BCUT2D eigenvalue weighted by Crippen LogP contribution is 2.46. The minimum atomic E-state index is -0.944. The molecule has 1 atom stereocenters. The van der Waals surface area contributed by atoms with Gasteiger partial charge in [-0.3, -0.25) is 14.5 Å². The molecule has 0 bridgehead atoms. The van der Waals surface area contributed by atoms with Gasteiger partial charge in [-0.25, -0.2) is 4.98 Å². The van der Waals surface area contributed by atoms with Crippen LogP contribution in [0.5, 0.6) is 11.5 Å². The Kier molecular flexibility index (Phi) is 8.09. The van der Waals surface area contributed by atoms with E-state index in [9.17, 15) is 14.7 Å². The summed E-state index contributed by atoms with van der Waals surface area (Å²) < 4.78 is 12.5. The molecule has 1 amide bonds. The number of unbranched alkanes of at least 4 members (excludes halogenated alkanes) is 2. The predicted molar refractivity (Wildman–Crippen MR) is 159 cm³/mol. The number of ketones is 1. The lowest BCUT2D eigenvalue weighted by Gasteiger charge is -2.24. The molecule has 4 aromatic rings. The number of anilines is 1. The number of nitrogens with zero attached hydrogens (tertiary/aromatic N) is 2. The molecule has 1 fully saturated rings. The number of thiazole rings is 1. The third kappa shape index (κ3) is 5.29. The summed E-state index contributed by atoms with van der Waals surface area (Å²) in [5, 5.41) is 12.2. The van der Waals surface area contributed by atoms with E-state index < -0.39 is 17.7 Å². The molecule has 206 valence electrons. The predicted octanol–water partition coefficient (Wildman–Crippen LogP) is 7.46. The van der Waals surface area contributed by atoms with Crippen molar-refractivity contribution < 1.29 is 24.2 Å². The van der Waals surface area contributed by atoms with Gasteiger partial charge in [-0.1, -0.05) is 54.8 Å². The van der Waals surface area contributed by atoms with Crippen molar-refractivity contribution in [1.29, 1.82) is 0 Å². The van der Waals surface area contributed by atoms with Gasteiger partial charge < -0.3 is 14.6 Å². The summed E-state index contributed by atoms with van der Waals surface area (Å²) in [4.78, 5) is 33.2. The van der Waals surface area contributed by atoms with Crippen LogP contribution in [0.3, 0.4) is 0 Å². The average molecular weight is 577 g/mol. The number of aromatic nitrogens is 1. The molecule has 0 radical (unpaired) electrons. The molecule has 0 aliphatic carbocycles. The third-order valence-corrected chi connectivity index (χ3v) is 8.08. The van der Waals surface area contributed by atoms with Crippen LogP contribution in [0.1, 0.15) is 48.9 Å². The Morgan fingerprint density at radius 2 is 1.82 bits per heavy atom. The Labute approximate surface area is 241 Å². The van der Waals surface area contributed by atoms with Gasteiger partial charge in [0, 0.05) is 10.6 Å². The molecule has 0 saturated carbocycles. The molecule has 1 aliphatic heterocycles. The lowest BCUT2D eigenvalue weighted by atomic mass is 9.95. The second-order valence-corrected chi connectivity index (χ2v) is 11.1. The highest BCUT2D eigenvalue weighted by molar-refractivity contribution is 7.22. The van der Waals surface area contributed by atoms with Gasteiger partial charge in [-0.15, -0.1) is 0 Å². The van der Waals surface area contributed by atoms with Crippen LogP contribution in [0.25, 0.3) is 16.0 Å². The zero-order valence-corrected chi connectivity index (χ0v) is 24.0. The number of carbonyl (C=O) groups excluding carboxylic acids is 2. The van der Waals surface area contributed by atoms with Gasteiger partial charge in [0.15, 0.2) is 16.6 Å². The van der Waals surface area contributed by atoms with Crippen LogP contribution in [-0.4, -0.2) is 35.5 Å². The van der Waals surface area contributed by atoms with Gasteiger partial charge in [0.1, 0.15) is 5.76 Å². The largest absolute Gasteiger partial charge is 0.507 e. The molecule has 3 aromatic carbocycles. The number of Topliss-reactive ketones (excluding diaryl/α,β-unsaturated/α-hetero) is 1. The van der Waals surface area contributed by atoms with E-state index in [1.807, 2.05) is 25.1 Å². The first kappa shape index (κ1) is 27.7. The van der Waals surface area contributed by atoms with E-state index in [1.165, 1.54) is 16.2 Å². The van der Waals surface area contributed by atoms with Crippen molar-refractivity contribution in [3.8, 4) is 11.5 Å². The fourth-order valence-corrected chi connectivity index (χ4v) is 5.96. The minimum Gasteiger partial charge on any atom is -0.507 e. The molecule has 1 aromatic heterocycles. The summed E-state index contributed by atoms with van der Waals surface area (Å²) in [6.07, 6.45) is 3.05. The number of aryl methyl sites for hydroxylation is 1. The van der Waals surface area contributed by atoms with Crippen molar-refractivity contribution in [2.24, 2.45) is 0 Å². The smallest absolute Gasteiger partial charge is 0.301 e. The number of aliphatic hydroxyl groups is 1. The number of hydrogen-bond donors (Lipinski definition) is 1. The van der Waals surface area contributed by atoms with Crippen LogP contribution in [0, 0.1) is 6.92 Å². The molecule has 1 saturated heterocycles. The Morgan fingerprint density at radius 1 is 1.05 bits per heavy atom. The fourth-order valence-electron chi connectivity index (χ4n) is 4.74. The van der Waals surface area contributed by atoms with Crippen LogP contribution >= 0.6 is 22.9 Å². The molecule has 2 heterocycles. The highest BCUT2D eigenvalue weighted by atomic mass is 35.5. The molecule has 7 nitrogen and oxygen atoms in total. The molecular weight excluding hydrogens is 548 g/mol. The first-order valence-corrected chi connectivity index (χ1v) is 14.3. The SMILES string of the molecule is CCCCCOc1ccc(C2/C(=C(\O)c3ccc(Cl)cc3)C(=O)C(=O)N2c2nc3ccc(C)cc3s2)cc1OC. The number of halogens is 1. The summed E-state index contributed by atoms with van der Waals surface area (Å²) in [7, 11) is 1.54. The number of ether oxygens (including phenoxy) is 2. The van der Waals surface area contributed by atoms with Gasteiger partial charge in [0.2, 0.25) is 0 Å². The lowest BCUT2D eigenvalue weighted by Crippen LogP contribution is -2.29. The molecule has 5 rings (SSSR count). The van der Waals surface area contributed by atoms with Gasteiger partial charge in [-0.05, 0) is 73.0 Å². The van der Waals surface area contributed by atoms with Crippen LogP contribution in [0.2, 0.25) is 5.02 Å². The molecule has 1 aliphatic rings. The highest BCUT2D eigenvalue weighted by Gasteiger charge is 2.48. The maximum atomic E-state index is 13.6. The van der Waals surface area contributed by atoms with Crippen LogP contribution in [-0.2, 0) is 9.59 Å². The summed E-state index contributed by atoms with van der Waals surface area (Å²) in [6.45, 7) is 4.65. The fraction of sp³-hybridized carbons (Fsp3) is 0.258. The third-order valence-electron chi connectivity index (χ3n) is 6.81. The normalized spacial score (nSPS) is 16.6. The first-order chi connectivity index (χ1) is 19.3. The van der Waals surface area contributed by atoms with Crippen molar-refractivity contribution in [2.45, 2.75) is 39.2 Å². The van der Waals surface area contributed by atoms with Gasteiger partial charge in [0.25, 0.3) is 5.78 Å². The maximum Gasteiger partial charge on any atom is 0.301 e. The van der Waals surface area contributed by atoms with Crippen molar-refractivity contribution in [3.63, 3.8) is 0 Å². The van der Waals surface area contributed by atoms with Crippen LogP contribution in [0.15, 0.2) is 66.2 Å². The Hall–Kier alpha value is -3.88. The van der Waals surface area contributed by atoms with E-state index in [0.717, 1.165) is 35.0 Å². The van der Waals surface area contributed by atoms with Gasteiger partial charge in [0.05, 0.1) is 35.5 Å². The number of fused-ring (bicyclic) bond motifs is 1.